The number of aromatic nitrogens is 2. The van der Waals surface area contributed by atoms with E-state index in [9.17, 15) is 9.59 Å². The van der Waals surface area contributed by atoms with Crippen molar-refractivity contribution in [3.05, 3.63) is 110 Å². The van der Waals surface area contributed by atoms with Crippen LogP contribution in [0.2, 0.25) is 10.0 Å². The van der Waals surface area contributed by atoms with Crippen molar-refractivity contribution in [1.29, 1.82) is 0 Å². The summed E-state index contributed by atoms with van der Waals surface area (Å²) in [5.41, 5.74) is 14.3. The average Bonchev–Trinajstić information content (AvgIpc) is 3.06. The molecule has 0 atom stereocenters. The van der Waals surface area contributed by atoms with Gasteiger partial charge in [0.05, 0.1) is 56.3 Å². The zero-order valence-corrected chi connectivity index (χ0v) is 26.8. The van der Waals surface area contributed by atoms with Crippen LogP contribution in [0, 0.1) is 0 Å². The molecule has 5 N–H and O–H groups in total. The molecule has 0 aliphatic rings. The number of nitrogens with zero attached hydrogens (tertiary/aromatic N) is 1. The maximum atomic E-state index is 12.8. The van der Waals surface area contributed by atoms with Gasteiger partial charge >= 0.3 is 0 Å². The lowest BCUT2D eigenvalue weighted by atomic mass is 10.1. The molecule has 2 aromatic heterocycles. The first-order chi connectivity index (χ1) is 22.1. The number of fused-ring (bicyclic) bond motifs is 2. The van der Waals surface area contributed by atoms with Crippen molar-refractivity contribution in [3.8, 4) is 39.9 Å². The Bertz CT molecular complexity index is 2210. The van der Waals surface area contributed by atoms with Crippen molar-refractivity contribution < 1.29 is 18.9 Å². The van der Waals surface area contributed by atoms with E-state index in [1.54, 1.807) is 81.1 Å². The van der Waals surface area contributed by atoms with Gasteiger partial charge in [-0.2, -0.15) is 0 Å². The molecule has 12 heteroatoms. The zero-order chi connectivity index (χ0) is 33.1. The van der Waals surface area contributed by atoms with Gasteiger partial charge in [-0.1, -0.05) is 23.2 Å². The molecule has 6 aromatic rings. The van der Waals surface area contributed by atoms with E-state index >= 15 is 0 Å². The Balaban J connectivity index is 0.000000181. The van der Waals surface area contributed by atoms with E-state index in [0.29, 0.717) is 72.1 Å². The number of methoxy groups -OCH3 is 4. The molecule has 0 aliphatic heterocycles. The summed E-state index contributed by atoms with van der Waals surface area (Å²) in [6.45, 7) is 0. The first-order valence-corrected chi connectivity index (χ1v) is 14.5. The Morgan fingerprint density at radius 3 is 1.80 bits per heavy atom. The summed E-state index contributed by atoms with van der Waals surface area (Å²) in [4.78, 5) is 28.1. The van der Waals surface area contributed by atoms with Crippen molar-refractivity contribution in [2.75, 3.05) is 39.9 Å². The normalized spacial score (nSPS) is 10.7. The van der Waals surface area contributed by atoms with Crippen LogP contribution in [-0.2, 0) is 0 Å². The summed E-state index contributed by atoms with van der Waals surface area (Å²) in [7, 11) is 6.16. The molecule has 0 aliphatic carbocycles. The Morgan fingerprint density at radius 1 is 0.630 bits per heavy atom. The summed E-state index contributed by atoms with van der Waals surface area (Å²) in [5, 5.41) is 3.54. The maximum Gasteiger partial charge on any atom is 0.263 e. The van der Waals surface area contributed by atoms with Gasteiger partial charge in [-0.3, -0.25) is 14.2 Å². The number of rotatable bonds is 6. The van der Waals surface area contributed by atoms with Gasteiger partial charge in [-0.05, 0) is 83.6 Å². The van der Waals surface area contributed by atoms with Crippen LogP contribution in [0.3, 0.4) is 0 Å². The smallest absolute Gasteiger partial charge is 0.263 e. The number of nitrogen functional groups attached to an aromatic ring is 2. The molecule has 4 aromatic carbocycles. The quantitative estimate of drug-likeness (QED) is 0.168. The Labute approximate surface area is 273 Å². The van der Waals surface area contributed by atoms with Gasteiger partial charge in [-0.15, -0.1) is 0 Å². The van der Waals surface area contributed by atoms with Gasteiger partial charge in [0.1, 0.15) is 0 Å². The molecule has 2 heterocycles. The molecule has 10 nitrogen and oxygen atoms in total. The van der Waals surface area contributed by atoms with Gasteiger partial charge in [-0.25, -0.2) is 0 Å². The lowest BCUT2D eigenvalue weighted by molar-refractivity contribution is 0.356. The second-order valence-electron chi connectivity index (χ2n) is 10.0. The van der Waals surface area contributed by atoms with E-state index < -0.39 is 0 Å². The predicted octanol–water partition coefficient (Wildman–Crippen LogP) is 6.69. The highest BCUT2D eigenvalue weighted by Gasteiger charge is 2.14. The molecule has 0 fully saturated rings. The van der Waals surface area contributed by atoms with Crippen molar-refractivity contribution in [1.82, 2.24) is 9.55 Å². The molecule has 236 valence electrons. The lowest BCUT2D eigenvalue weighted by Gasteiger charge is -2.12. The second-order valence-corrected chi connectivity index (χ2v) is 10.9. The molecule has 0 amide bonds. The SMILES string of the molecule is COc1cc2cc(-c3cc(Cl)ccc3N)[nH]c(=O)c2cc1OC.COc1cc2ccn(-c3cc(Cl)ccc3N)c(=O)c2cc1OC. The maximum absolute atomic E-state index is 12.8. The molecule has 0 spiro atoms. The van der Waals surface area contributed by atoms with Gasteiger partial charge in [0.25, 0.3) is 11.1 Å². The third-order valence-electron chi connectivity index (χ3n) is 7.31. The molecule has 0 bridgehead atoms. The van der Waals surface area contributed by atoms with E-state index in [-0.39, 0.29) is 11.1 Å². The number of hydrogen-bond donors (Lipinski definition) is 3. The molecule has 0 unspecified atom stereocenters. The minimum atomic E-state index is -0.238. The van der Waals surface area contributed by atoms with Crippen LogP contribution in [0.4, 0.5) is 11.4 Å². The fourth-order valence-electron chi connectivity index (χ4n) is 4.98. The van der Waals surface area contributed by atoms with Crippen LogP contribution < -0.4 is 41.5 Å². The summed E-state index contributed by atoms with van der Waals surface area (Å²) < 4.78 is 22.5. The fourth-order valence-corrected chi connectivity index (χ4v) is 5.32. The molecule has 0 saturated heterocycles. The van der Waals surface area contributed by atoms with Gasteiger partial charge in [0, 0.05) is 27.5 Å². The topological polar surface area (TPSA) is 144 Å². The minimum Gasteiger partial charge on any atom is -0.493 e. The summed E-state index contributed by atoms with van der Waals surface area (Å²) in [6.07, 6.45) is 1.67. The van der Waals surface area contributed by atoms with Crippen LogP contribution in [0.15, 0.2) is 88.6 Å². The average molecular weight is 662 g/mol. The van der Waals surface area contributed by atoms with Crippen LogP contribution in [-0.4, -0.2) is 38.0 Å². The first kappa shape index (κ1) is 32.1. The minimum absolute atomic E-state index is 0.211. The standard InChI is InChI=1S/2C17H15ClN2O3/c1-22-15-6-9-5-14(12-7-10(18)3-4-13(12)19)20-17(21)11(9)8-16(15)23-2;1-22-15-7-10-5-6-20(14-8-11(18)3-4-13(14)19)17(21)12(10)9-16(15)23-2/h3-8H,19H2,1-2H3,(H,20,21);3-9H,19H2,1-2H3. The third kappa shape index (κ3) is 6.26. The third-order valence-corrected chi connectivity index (χ3v) is 7.78. The molecule has 46 heavy (non-hydrogen) atoms. The van der Waals surface area contributed by atoms with Crippen molar-refractivity contribution in [3.63, 3.8) is 0 Å². The second kappa shape index (κ2) is 13.4. The van der Waals surface area contributed by atoms with Gasteiger partial charge < -0.3 is 35.4 Å². The number of benzene rings is 4. The first-order valence-electron chi connectivity index (χ1n) is 13.8. The lowest BCUT2D eigenvalue weighted by Crippen LogP contribution is -2.18. The fraction of sp³-hybridized carbons (Fsp3) is 0.118. The Kier molecular flexibility index (Phi) is 9.31. The summed E-state index contributed by atoms with van der Waals surface area (Å²) >= 11 is 12.0. The monoisotopic (exact) mass is 660 g/mol. The number of anilines is 2. The van der Waals surface area contributed by atoms with Crippen LogP contribution in [0.1, 0.15) is 0 Å². The molecule has 0 saturated carbocycles. The molecule has 0 radical (unpaired) electrons. The van der Waals surface area contributed by atoms with Crippen LogP contribution in [0.5, 0.6) is 23.0 Å². The number of nitrogens with two attached hydrogens (primary N) is 2. The zero-order valence-electron chi connectivity index (χ0n) is 25.3. The van der Waals surface area contributed by atoms with Gasteiger partial charge in [0.15, 0.2) is 23.0 Å². The Hall–Kier alpha value is -5.32. The summed E-state index contributed by atoms with van der Waals surface area (Å²) in [6, 6.07) is 20.6. The molecule has 6 rings (SSSR count). The number of pyridine rings is 2. The highest BCUT2D eigenvalue weighted by atomic mass is 35.5. The van der Waals surface area contributed by atoms with Crippen LogP contribution >= 0.6 is 23.2 Å². The highest BCUT2D eigenvalue weighted by Crippen LogP contribution is 2.34. The van der Waals surface area contributed by atoms with Crippen molar-refractivity contribution in [2.45, 2.75) is 0 Å². The van der Waals surface area contributed by atoms with E-state index in [1.165, 1.54) is 18.8 Å². The number of H-pyrrole nitrogens is 1. The largest absolute Gasteiger partial charge is 0.493 e. The van der Waals surface area contributed by atoms with E-state index in [0.717, 1.165) is 10.8 Å². The van der Waals surface area contributed by atoms with Gasteiger partial charge in [0.2, 0.25) is 0 Å². The van der Waals surface area contributed by atoms with Crippen molar-refractivity contribution in [2.24, 2.45) is 0 Å². The molecular weight excluding hydrogens is 631 g/mol. The van der Waals surface area contributed by atoms with Crippen molar-refractivity contribution >= 4 is 56.1 Å². The van der Waals surface area contributed by atoms with E-state index in [2.05, 4.69) is 4.98 Å². The predicted molar refractivity (Wildman–Crippen MR) is 185 cm³/mol. The molecular formula is C34H30Cl2N4O6. The number of nitrogens with one attached hydrogen (secondary N) is 1. The number of ether oxygens (including phenoxy) is 4. The van der Waals surface area contributed by atoms with Crippen LogP contribution in [0.25, 0.3) is 38.5 Å². The summed E-state index contributed by atoms with van der Waals surface area (Å²) in [5.74, 6) is 2.12. The number of hydrogen-bond acceptors (Lipinski definition) is 8. The number of aromatic amines is 1. The highest BCUT2D eigenvalue weighted by molar-refractivity contribution is 6.31. The Morgan fingerprint density at radius 2 is 1.17 bits per heavy atom. The number of halogens is 2. The van der Waals surface area contributed by atoms with E-state index in [4.69, 9.17) is 53.6 Å². The van der Waals surface area contributed by atoms with E-state index in [1.807, 2.05) is 12.1 Å².